The second-order valence-electron chi connectivity index (χ2n) is 7.63. The largest absolute Gasteiger partial charge is 0.341 e. The summed E-state index contributed by atoms with van der Waals surface area (Å²) in [4.78, 5) is 21.3. The summed E-state index contributed by atoms with van der Waals surface area (Å²) in [5, 5.41) is 0.902. The molecule has 0 radical (unpaired) electrons. The van der Waals surface area contributed by atoms with Crippen LogP contribution < -0.4 is 0 Å². The van der Waals surface area contributed by atoms with E-state index in [0.29, 0.717) is 11.0 Å². The first kappa shape index (κ1) is 19.5. The van der Waals surface area contributed by atoms with E-state index in [1.165, 1.54) is 12.4 Å². The Labute approximate surface area is 174 Å². The summed E-state index contributed by atoms with van der Waals surface area (Å²) in [7, 11) is 0. The number of fused-ring (bicyclic) bond motifs is 2. The van der Waals surface area contributed by atoms with E-state index < -0.39 is 47.7 Å². The number of ether oxygens (including phenoxy) is 3. The van der Waals surface area contributed by atoms with E-state index in [-0.39, 0.29) is 10.7 Å². The Morgan fingerprint density at radius 2 is 1.90 bits per heavy atom. The fourth-order valence-electron chi connectivity index (χ4n) is 3.97. The average molecular weight is 436 g/mol. The molecule has 7 nitrogen and oxygen atoms in total. The SMILES string of the molecule is CC1(C)OC2[C@H](n3ccc4c(Cl)ncnc43)O[C@H](C(=O)c3ccc(F)c(F)c3)[C@H]2O1. The van der Waals surface area contributed by atoms with Crippen molar-refractivity contribution in [1.82, 2.24) is 14.5 Å². The monoisotopic (exact) mass is 435 g/mol. The van der Waals surface area contributed by atoms with Crippen LogP contribution >= 0.6 is 11.6 Å². The van der Waals surface area contributed by atoms with Gasteiger partial charge in [0, 0.05) is 11.8 Å². The summed E-state index contributed by atoms with van der Waals surface area (Å²) in [5.41, 5.74) is 0.488. The fourth-order valence-corrected chi connectivity index (χ4v) is 4.16. The molecule has 1 unspecified atom stereocenters. The van der Waals surface area contributed by atoms with Gasteiger partial charge in [-0.3, -0.25) is 4.79 Å². The van der Waals surface area contributed by atoms with Crippen molar-refractivity contribution in [2.24, 2.45) is 0 Å². The molecule has 5 rings (SSSR count). The van der Waals surface area contributed by atoms with Crippen LogP contribution in [0.2, 0.25) is 5.15 Å². The molecule has 0 N–H and O–H groups in total. The second kappa shape index (κ2) is 6.78. The number of rotatable bonds is 3. The Kier molecular flexibility index (Phi) is 4.41. The van der Waals surface area contributed by atoms with Gasteiger partial charge in [-0.15, -0.1) is 0 Å². The van der Waals surface area contributed by atoms with Crippen molar-refractivity contribution in [1.29, 1.82) is 0 Å². The summed E-state index contributed by atoms with van der Waals surface area (Å²) in [6, 6.07) is 4.70. The summed E-state index contributed by atoms with van der Waals surface area (Å²) >= 11 is 6.14. The molecule has 156 valence electrons. The minimum absolute atomic E-state index is 0.0191. The van der Waals surface area contributed by atoms with Gasteiger partial charge >= 0.3 is 0 Å². The number of halogens is 3. The first-order chi connectivity index (χ1) is 14.2. The van der Waals surface area contributed by atoms with Gasteiger partial charge in [0.25, 0.3) is 0 Å². The number of carbonyl (C=O) groups is 1. The molecule has 2 aromatic heterocycles. The quantitative estimate of drug-likeness (QED) is 0.461. The van der Waals surface area contributed by atoms with Crippen molar-refractivity contribution in [3.8, 4) is 0 Å². The molecular weight excluding hydrogens is 420 g/mol. The van der Waals surface area contributed by atoms with Crippen molar-refractivity contribution in [3.05, 3.63) is 59.1 Å². The maximum Gasteiger partial charge on any atom is 0.194 e. The molecule has 2 saturated heterocycles. The van der Waals surface area contributed by atoms with Crippen LogP contribution in [0, 0.1) is 11.6 Å². The van der Waals surface area contributed by atoms with Gasteiger partial charge in [0.1, 0.15) is 29.3 Å². The minimum atomic E-state index is -1.11. The van der Waals surface area contributed by atoms with E-state index in [9.17, 15) is 13.6 Å². The summed E-state index contributed by atoms with van der Waals surface area (Å²) in [5.74, 6) is -3.64. The lowest BCUT2D eigenvalue weighted by Crippen LogP contribution is -2.35. The number of hydrogen-bond acceptors (Lipinski definition) is 6. The molecule has 0 bridgehead atoms. The van der Waals surface area contributed by atoms with Crippen LogP contribution in [0.25, 0.3) is 11.0 Å². The molecule has 2 aliphatic rings. The number of nitrogens with zero attached hydrogens (tertiary/aromatic N) is 3. The average Bonchev–Trinajstić information content (AvgIpc) is 3.34. The highest BCUT2D eigenvalue weighted by Gasteiger charge is 2.58. The van der Waals surface area contributed by atoms with Crippen LogP contribution in [0.15, 0.2) is 36.8 Å². The third-order valence-corrected chi connectivity index (χ3v) is 5.53. The summed E-state index contributed by atoms with van der Waals surface area (Å²) in [6.07, 6.45) is -0.177. The van der Waals surface area contributed by atoms with E-state index in [4.69, 9.17) is 25.8 Å². The molecule has 0 amide bonds. The number of Topliss-reactive ketones (excluding diaryl/α,β-unsaturated/α-hetero) is 1. The van der Waals surface area contributed by atoms with Gasteiger partial charge < -0.3 is 18.8 Å². The van der Waals surface area contributed by atoms with E-state index >= 15 is 0 Å². The molecule has 3 aromatic rings. The van der Waals surface area contributed by atoms with Gasteiger partial charge in [0.2, 0.25) is 0 Å². The molecule has 2 fully saturated rings. The number of benzene rings is 1. The lowest BCUT2D eigenvalue weighted by molar-refractivity contribution is -0.190. The summed E-state index contributed by atoms with van der Waals surface area (Å²) in [6.45, 7) is 3.46. The minimum Gasteiger partial charge on any atom is -0.341 e. The Morgan fingerprint density at radius 1 is 1.13 bits per heavy atom. The summed E-state index contributed by atoms with van der Waals surface area (Å²) < 4.78 is 46.7. The van der Waals surface area contributed by atoms with Gasteiger partial charge in [-0.2, -0.15) is 0 Å². The first-order valence-electron chi connectivity index (χ1n) is 9.22. The van der Waals surface area contributed by atoms with Gasteiger partial charge in [-0.25, -0.2) is 18.7 Å². The lowest BCUT2D eigenvalue weighted by atomic mass is 10.0. The molecule has 10 heteroatoms. The molecule has 0 saturated carbocycles. The number of carbonyl (C=O) groups excluding carboxylic acids is 1. The third-order valence-electron chi connectivity index (χ3n) is 5.23. The fraction of sp³-hybridized carbons (Fsp3) is 0.350. The number of aromatic nitrogens is 3. The zero-order valence-corrected chi connectivity index (χ0v) is 16.6. The maximum absolute atomic E-state index is 13.7. The van der Waals surface area contributed by atoms with Gasteiger partial charge in [0.15, 0.2) is 35.5 Å². The van der Waals surface area contributed by atoms with Crippen molar-refractivity contribution >= 4 is 28.4 Å². The Balaban J connectivity index is 1.54. The third kappa shape index (κ3) is 3.01. The van der Waals surface area contributed by atoms with E-state index in [2.05, 4.69) is 9.97 Å². The highest BCUT2D eigenvalue weighted by molar-refractivity contribution is 6.33. The lowest BCUT2D eigenvalue weighted by Gasteiger charge is -2.24. The van der Waals surface area contributed by atoms with Crippen LogP contribution in [-0.4, -0.2) is 44.4 Å². The molecule has 4 heterocycles. The zero-order chi connectivity index (χ0) is 21.2. The van der Waals surface area contributed by atoms with Gasteiger partial charge in [0.05, 0.1) is 5.39 Å². The molecule has 30 heavy (non-hydrogen) atoms. The van der Waals surface area contributed by atoms with Crippen LogP contribution in [0.4, 0.5) is 8.78 Å². The molecule has 4 atom stereocenters. The van der Waals surface area contributed by atoms with Gasteiger partial charge in [-0.05, 0) is 38.1 Å². The van der Waals surface area contributed by atoms with Crippen LogP contribution in [0.5, 0.6) is 0 Å². The van der Waals surface area contributed by atoms with Gasteiger partial charge in [-0.1, -0.05) is 11.6 Å². The van der Waals surface area contributed by atoms with Crippen molar-refractivity contribution in [2.75, 3.05) is 0 Å². The molecule has 0 aliphatic carbocycles. The highest BCUT2D eigenvalue weighted by Crippen LogP contribution is 2.45. The van der Waals surface area contributed by atoms with Crippen molar-refractivity contribution in [2.45, 2.75) is 44.2 Å². The highest BCUT2D eigenvalue weighted by atomic mass is 35.5. The second-order valence-corrected chi connectivity index (χ2v) is 7.99. The number of ketones is 1. The van der Waals surface area contributed by atoms with Crippen LogP contribution in [0.3, 0.4) is 0 Å². The predicted octanol–water partition coefficient (Wildman–Crippen LogP) is 3.66. The molecule has 0 spiro atoms. The maximum atomic E-state index is 13.7. The zero-order valence-electron chi connectivity index (χ0n) is 15.9. The van der Waals surface area contributed by atoms with E-state index in [1.54, 1.807) is 30.7 Å². The molecule has 2 aliphatic heterocycles. The number of hydrogen-bond donors (Lipinski definition) is 0. The first-order valence-corrected chi connectivity index (χ1v) is 9.60. The Bertz CT molecular complexity index is 1170. The predicted molar refractivity (Wildman–Crippen MR) is 101 cm³/mol. The van der Waals surface area contributed by atoms with Crippen molar-refractivity contribution < 1.29 is 27.8 Å². The van der Waals surface area contributed by atoms with Crippen molar-refractivity contribution in [3.63, 3.8) is 0 Å². The Hall–Kier alpha value is -2.46. The Morgan fingerprint density at radius 3 is 2.67 bits per heavy atom. The normalized spacial score (nSPS) is 27.5. The smallest absolute Gasteiger partial charge is 0.194 e. The molecule has 1 aromatic carbocycles. The topological polar surface area (TPSA) is 75.5 Å². The molecular formula is C20H16ClF2N3O4. The van der Waals surface area contributed by atoms with Crippen LogP contribution in [-0.2, 0) is 14.2 Å². The van der Waals surface area contributed by atoms with E-state index in [1.807, 2.05) is 0 Å². The van der Waals surface area contributed by atoms with E-state index in [0.717, 1.165) is 12.1 Å². The standard InChI is InChI=1S/C20H16ClF2N3O4/c1-20(2)29-15-14(13(27)9-3-4-11(22)12(23)7-9)28-19(16(15)30-20)26-6-5-10-17(21)24-8-25-18(10)26/h3-8,14-16,19H,1-2H3/t14-,15-,16?,19-/m1/s1. The van der Waals surface area contributed by atoms with Crippen LogP contribution in [0.1, 0.15) is 30.4 Å².